The van der Waals surface area contributed by atoms with Crippen LogP contribution in [0.5, 0.6) is 0 Å². The summed E-state index contributed by atoms with van der Waals surface area (Å²) in [7, 11) is 4.51. The predicted octanol–water partition coefficient (Wildman–Crippen LogP) is 4.15. The van der Waals surface area contributed by atoms with Gasteiger partial charge in [-0.3, -0.25) is 4.79 Å². The summed E-state index contributed by atoms with van der Waals surface area (Å²) >= 11 is 0. The summed E-state index contributed by atoms with van der Waals surface area (Å²) in [5, 5.41) is 0.744. The smallest absolute Gasteiger partial charge is 0.337 e. The minimum Gasteiger partial charge on any atom is -0.465 e. The maximum absolute atomic E-state index is 13.2. The van der Waals surface area contributed by atoms with Crippen LogP contribution in [0.15, 0.2) is 39.5 Å². The zero-order chi connectivity index (χ0) is 19.7. The number of rotatable bonds is 5. The van der Waals surface area contributed by atoms with Gasteiger partial charge in [0.05, 0.1) is 35.7 Å². The molecule has 0 saturated carbocycles. The third-order valence-corrected chi connectivity index (χ3v) is 4.86. The van der Waals surface area contributed by atoms with Crippen molar-refractivity contribution in [1.29, 1.82) is 0 Å². The highest BCUT2D eigenvalue weighted by Gasteiger charge is 2.19. The van der Waals surface area contributed by atoms with Gasteiger partial charge in [-0.2, -0.15) is 0 Å². The van der Waals surface area contributed by atoms with Crippen LogP contribution in [0.25, 0.3) is 21.9 Å². The van der Waals surface area contributed by atoms with Gasteiger partial charge >= 0.3 is 5.97 Å². The summed E-state index contributed by atoms with van der Waals surface area (Å²) in [5.41, 5.74) is 2.57. The highest BCUT2D eigenvalue weighted by molar-refractivity contribution is 5.97. The fourth-order valence-electron chi connectivity index (χ4n) is 3.05. The molecule has 0 amide bonds. The van der Waals surface area contributed by atoms with E-state index in [2.05, 4.69) is 0 Å². The second-order valence-corrected chi connectivity index (χ2v) is 6.38. The zero-order valence-electron chi connectivity index (χ0n) is 16.0. The molecule has 3 rings (SSSR count). The summed E-state index contributed by atoms with van der Waals surface area (Å²) in [4.78, 5) is 25.0. The maximum atomic E-state index is 13.2. The number of methoxy groups -OCH3 is 3. The van der Waals surface area contributed by atoms with E-state index in [0.29, 0.717) is 27.5 Å². The van der Waals surface area contributed by atoms with Gasteiger partial charge in [-0.05, 0) is 49.7 Å². The van der Waals surface area contributed by atoms with Crippen LogP contribution < -0.4 is 5.43 Å². The number of ether oxygens (including phenoxy) is 3. The van der Waals surface area contributed by atoms with E-state index in [1.807, 2.05) is 19.9 Å². The second kappa shape index (κ2) is 7.50. The van der Waals surface area contributed by atoms with E-state index in [9.17, 15) is 9.59 Å². The fourth-order valence-corrected chi connectivity index (χ4v) is 3.05. The Morgan fingerprint density at radius 2 is 1.67 bits per heavy atom. The molecular formula is C21H22O6. The molecule has 0 aliphatic rings. The largest absolute Gasteiger partial charge is 0.465 e. The second-order valence-electron chi connectivity index (χ2n) is 6.38. The fraction of sp³-hybridized carbons (Fsp3) is 0.333. The Morgan fingerprint density at radius 3 is 2.30 bits per heavy atom. The summed E-state index contributed by atoms with van der Waals surface area (Å²) in [6.07, 6.45) is -0.472. The molecule has 2 atom stereocenters. The summed E-state index contributed by atoms with van der Waals surface area (Å²) in [6.45, 7) is 3.79. The SMILES string of the molecule is COC(=O)c1ccc2oc3c(C(C)OC)cc(C(C)OC)cc3c(=O)c2c1. The summed E-state index contributed by atoms with van der Waals surface area (Å²) in [6, 6.07) is 8.38. The molecule has 0 bridgehead atoms. The van der Waals surface area contributed by atoms with Crippen LogP contribution in [0.2, 0.25) is 0 Å². The molecule has 2 unspecified atom stereocenters. The molecule has 6 heteroatoms. The quantitative estimate of drug-likeness (QED) is 0.496. The van der Waals surface area contributed by atoms with Crippen LogP contribution in [0.4, 0.5) is 0 Å². The van der Waals surface area contributed by atoms with Crippen LogP contribution >= 0.6 is 0 Å². The first-order valence-electron chi connectivity index (χ1n) is 8.59. The van der Waals surface area contributed by atoms with Gasteiger partial charge in [-0.15, -0.1) is 0 Å². The molecule has 1 heterocycles. The Hall–Kier alpha value is -2.70. The van der Waals surface area contributed by atoms with Crippen LogP contribution in [0, 0.1) is 0 Å². The minimum atomic E-state index is -0.508. The van der Waals surface area contributed by atoms with Gasteiger partial charge in [0.15, 0.2) is 0 Å². The van der Waals surface area contributed by atoms with Crippen LogP contribution in [-0.4, -0.2) is 27.3 Å². The highest BCUT2D eigenvalue weighted by Crippen LogP contribution is 2.31. The Bertz CT molecular complexity index is 1070. The van der Waals surface area contributed by atoms with E-state index in [1.54, 1.807) is 32.4 Å². The first-order valence-corrected chi connectivity index (χ1v) is 8.59. The summed E-state index contributed by atoms with van der Waals surface area (Å²) in [5.74, 6) is -0.508. The molecule has 0 aliphatic heterocycles. The number of benzene rings is 2. The third kappa shape index (κ3) is 3.34. The number of fused-ring (bicyclic) bond motifs is 2. The van der Waals surface area contributed by atoms with Crippen molar-refractivity contribution in [3.8, 4) is 0 Å². The van der Waals surface area contributed by atoms with E-state index >= 15 is 0 Å². The molecule has 2 aromatic carbocycles. The van der Waals surface area contributed by atoms with Crippen molar-refractivity contribution < 1.29 is 23.4 Å². The van der Waals surface area contributed by atoms with Crippen molar-refractivity contribution in [2.75, 3.05) is 21.3 Å². The lowest BCUT2D eigenvalue weighted by molar-refractivity contribution is 0.0601. The molecule has 6 nitrogen and oxygen atoms in total. The number of carbonyl (C=O) groups excluding carboxylic acids is 1. The van der Waals surface area contributed by atoms with Crippen molar-refractivity contribution in [2.45, 2.75) is 26.1 Å². The van der Waals surface area contributed by atoms with Crippen LogP contribution in [0.3, 0.4) is 0 Å². The van der Waals surface area contributed by atoms with Gasteiger partial charge in [0.25, 0.3) is 0 Å². The van der Waals surface area contributed by atoms with E-state index in [4.69, 9.17) is 18.6 Å². The average Bonchev–Trinajstić information content (AvgIpc) is 2.71. The lowest BCUT2D eigenvalue weighted by atomic mass is 9.98. The molecule has 0 aliphatic carbocycles. The average molecular weight is 370 g/mol. The van der Waals surface area contributed by atoms with Gasteiger partial charge < -0.3 is 18.6 Å². The molecule has 0 spiro atoms. The van der Waals surface area contributed by atoms with E-state index in [0.717, 1.165) is 11.1 Å². The zero-order valence-corrected chi connectivity index (χ0v) is 16.0. The van der Waals surface area contributed by atoms with Crippen molar-refractivity contribution in [3.05, 3.63) is 57.2 Å². The Labute approximate surface area is 156 Å². The molecule has 142 valence electrons. The number of hydrogen-bond acceptors (Lipinski definition) is 6. The van der Waals surface area contributed by atoms with Gasteiger partial charge in [0.1, 0.15) is 11.2 Å². The first kappa shape index (κ1) is 19.1. The molecule has 0 fully saturated rings. The van der Waals surface area contributed by atoms with Crippen LogP contribution in [-0.2, 0) is 14.2 Å². The van der Waals surface area contributed by atoms with Crippen molar-refractivity contribution in [3.63, 3.8) is 0 Å². The highest BCUT2D eigenvalue weighted by atomic mass is 16.5. The van der Waals surface area contributed by atoms with Gasteiger partial charge in [-0.25, -0.2) is 4.79 Å². The van der Waals surface area contributed by atoms with E-state index in [-0.39, 0.29) is 17.6 Å². The summed E-state index contributed by atoms with van der Waals surface area (Å²) < 4.78 is 21.7. The lowest BCUT2D eigenvalue weighted by Gasteiger charge is -2.17. The van der Waals surface area contributed by atoms with Crippen molar-refractivity contribution >= 4 is 27.9 Å². The lowest BCUT2D eigenvalue weighted by Crippen LogP contribution is -2.09. The van der Waals surface area contributed by atoms with Crippen LogP contribution in [0.1, 0.15) is 47.5 Å². The Balaban J connectivity index is 2.39. The molecule has 0 radical (unpaired) electrons. The number of carbonyl (C=O) groups is 1. The Kier molecular flexibility index (Phi) is 5.30. The first-order chi connectivity index (χ1) is 12.9. The topological polar surface area (TPSA) is 75.0 Å². The third-order valence-electron chi connectivity index (χ3n) is 4.86. The number of esters is 1. The van der Waals surface area contributed by atoms with Gasteiger partial charge in [0, 0.05) is 19.8 Å². The minimum absolute atomic E-state index is 0.200. The number of hydrogen-bond donors (Lipinski definition) is 0. The maximum Gasteiger partial charge on any atom is 0.337 e. The monoisotopic (exact) mass is 370 g/mol. The molecule has 0 saturated heterocycles. The normalized spacial score (nSPS) is 13.7. The van der Waals surface area contributed by atoms with Gasteiger partial charge in [-0.1, -0.05) is 0 Å². The molecule has 1 aromatic heterocycles. The van der Waals surface area contributed by atoms with Gasteiger partial charge in [0.2, 0.25) is 5.43 Å². The predicted molar refractivity (Wildman–Crippen MR) is 102 cm³/mol. The molecular weight excluding hydrogens is 348 g/mol. The molecule has 0 N–H and O–H groups in total. The van der Waals surface area contributed by atoms with Crippen molar-refractivity contribution in [2.24, 2.45) is 0 Å². The Morgan fingerprint density at radius 1 is 0.963 bits per heavy atom. The van der Waals surface area contributed by atoms with E-state index < -0.39 is 5.97 Å². The standard InChI is InChI=1S/C21H22O6/c1-11(24-3)14-9-15(12(2)25-4)20-17(10-14)19(22)16-8-13(21(23)26-5)6-7-18(16)27-20/h6-12H,1-5H3. The molecule has 27 heavy (non-hydrogen) atoms. The molecule has 3 aromatic rings. The van der Waals surface area contributed by atoms with Crippen molar-refractivity contribution in [1.82, 2.24) is 0 Å². The van der Waals surface area contributed by atoms with E-state index in [1.165, 1.54) is 13.2 Å².